The van der Waals surface area contributed by atoms with Gasteiger partial charge >= 0.3 is 6.18 Å². The summed E-state index contributed by atoms with van der Waals surface area (Å²) in [7, 11) is 0. The highest BCUT2D eigenvalue weighted by atomic mass is 32.2. The van der Waals surface area contributed by atoms with Crippen molar-refractivity contribution in [2.24, 2.45) is 0 Å². The molecular formula is C13H8F3N2O2S2-. The van der Waals surface area contributed by atoms with Crippen LogP contribution in [0.25, 0.3) is 0 Å². The van der Waals surface area contributed by atoms with E-state index in [4.69, 9.17) is 0 Å². The largest absolute Gasteiger partial charge is 0.755 e. The lowest BCUT2D eigenvalue weighted by molar-refractivity contribution is -0.137. The van der Waals surface area contributed by atoms with E-state index in [-0.39, 0.29) is 5.69 Å². The van der Waals surface area contributed by atoms with Crippen LogP contribution >= 0.6 is 11.8 Å². The molecule has 9 heteroatoms. The van der Waals surface area contributed by atoms with Gasteiger partial charge in [-0.2, -0.15) is 13.2 Å². The monoisotopic (exact) mass is 345 g/mol. The number of rotatable bonds is 2. The molecule has 2 aromatic carbocycles. The fourth-order valence-electron chi connectivity index (χ4n) is 2.07. The first-order valence-electron chi connectivity index (χ1n) is 5.99. The van der Waals surface area contributed by atoms with E-state index < -0.39 is 23.0 Å². The van der Waals surface area contributed by atoms with Crippen LogP contribution in [0.1, 0.15) is 5.56 Å². The third-order valence-electron chi connectivity index (χ3n) is 2.99. The minimum atomic E-state index is -4.56. The van der Waals surface area contributed by atoms with Gasteiger partial charge in [0, 0.05) is 21.1 Å². The van der Waals surface area contributed by atoms with Crippen LogP contribution in [-0.2, 0) is 17.4 Å². The standard InChI is InChI=1S/C13H9F3N2O2S2/c14-13(15,16)7-5-9(18-22(19)20)12-11(6-7)21-10-4-2-1-3-8(10)17-12/h1-6,17-18H,(H,19,20)/p-1. The van der Waals surface area contributed by atoms with Gasteiger partial charge in [-0.1, -0.05) is 23.9 Å². The van der Waals surface area contributed by atoms with E-state index in [9.17, 15) is 21.9 Å². The molecule has 0 aliphatic carbocycles. The summed E-state index contributed by atoms with van der Waals surface area (Å²) in [4.78, 5) is 1.07. The van der Waals surface area contributed by atoms with Crippen LogP contribution in [0.15, 0.2) is 46.2 Å². The molecule has 22 heavy (non-hydrogen) atoms. The maximum atomic E-state index is 13.0. The number of halogens is 3. The Morgan fingerprint density at radius 1 is 1.18 bits per heavy atom. The van der Waals surface area contributed by atoms with Gasteiger partial charge < -0.3 is 14.6 Å². The summed E-state index contributed by atoms with van der Waals surface area (Å²) in [6, 6.07) is 8.87. The topological polar surface area (TPSA) is 64.2 Å². The van der Waals surface area contributed by atoms with Crippen LogP contribution in [0, 0.1) is 0 Å². The zero-order valence-electron chi connectivity index (χ0n) is 10.7. The number of alkyl halides is 3. The van der Waals surface area contributed by atoms with Gasteiger partial charge in [-0.15, -0.1) is 0 Å². The van der Waals surface area contributed by atoms with Crippen molar-refractivity contribution in [1.29, 1.82) is 0 Å². The summed E-state index contributed by atoms with van der Waals surface area (Å²) < 4.78 is 62.6. The average molecular weight is 345 g/mol. The number of anilines is 3. The van der Waals surface area contributed by atoms with Gasteiger partial charge in [0.05, 0.1) is 22.6 Å². The van der Waals surface area contributed by atoms with Crippen LogP contribution in [-0.4, -0.2) is 8.76 Å². The summed E-state index contributed by atoms with van der Waals surface area (Å²) in [6.45, 7) is 0. The molecule has 1 aliphatic rings. The van der Waals surface area contributed by atoms with Crippen molar-refractivity contribution in [2.45, 2.75) is 16.0 Å². The molecule has 3 rings (SSSR count). The zero-order chi connectivity index (χ0) is 15.9. The Morgan fingerprint density at radius 2 is 1.91 bits per heavy atom. The maximum Gasteiger partial charge on any atom is 0.416 e. The molecule has 0 bridgehead atoms. The van der Waals surface area contributed by atoms with Gasteiger partial charge in [0.25, 0.3) is 0 Å². The van der Waals surface area contributed by atoms with Crippen molar-refractivity contribution in [2.75, 3.05) is 10.0 Å². The van der Waals surface area contributed by atoms with Gasteiger partial charge in [-0.25, -0.2) is 0 Å². The Hall–Kier alpha value is -1.71. The lowest BCUT2D eigenvalue weighted by atomic mass is 10.1. The smallest absolute Gasteiger partial charge is 0.416 e. The molecule has 0 saturated heterocycles. The predicted molar refractivity (Wildman–Crippen MR) is 77.8 cm³/mol. The minimum absolute atomic E-state index is 0.139. The first-order chi connectivity index (χ1) is 10.3. The molecule has 0 amide bonds. The lowest BCUT2D eigenvalue weighted by Crippen LogP contribution is -2.12. The second kappa shape index (κ2) is 5.49. The highest BCUT2D eigenvalue weighted by Crippen LogP contribution is 2.49. The van der Waals surface area contributed by atoms with Crippen LogP contribution in [0.3, 0.4) is 0 Å². The average Bonchev–Trinajstić information content (AvgIpc) is 2.43. The zero-order valence-corrected chi connectivity index (χ0v) is 12.4. The number of hydrogen-bond acceptors (Lipinski definition) is 4. The SMILES string of the molecule is O=S([O-])Nc1cc(C(F)(F)F)cc2c1Nc1ccccc1S2. The first-order valence-corrected chi connectivity index (χ1v) is 7.89. The van der Waals surface area contributed by atoms with Crippen molar-refractivity contribution in [3.8, 4) is 0 Å². The third kappa shape index (κ3) is 2.92. The highest BCUT2D eigenvalue weighted by Gasteiger charge is 2.33. The van der Waals surface area contributed by atoms with E-state index in [1.807, 2.05) is 4.72 Å². The summed E-state index contributed by atoms with van der Waals surface area (Å²) in [6.07, 6.45) is -4.56. The van der Waals surface area contributed by atoms with E-state index in [0.717, 1.165) is 28.8 Å². The number of nitrogens with one attached hydrogen (secondary N) is 2. The molecule has 0 aromatic heterocycles. The number of benzene rings is 2. The Balaban J connectivity index is 2.13. The maximum absolute atomic E-state index is 13.0. The second-order valence-electron chi connectivity index (χ2n) is 4.45. The molecule has 2 N–H and O–H groups in total. The minimum Gasteiger partial charge on any atom is -0.755 e. The van der Waals surface area contributed by atoms with Gasteiger partial charge in [0.2, 0.25) is 0 Å². The van der Waals surface area contributed by atoms with E-state index >= 15 is 0 Å². The Labute approximate surface area is 130 Å². The molecule has 4 nitrogen and oxygen atoms in total. The number of para-hydroxylation sites is 1. The summed E-state index contributed by atoms with van der Waals surface area (Å²) in [5.74, 6) is 0. The molecule has 0 saturated carbocycles. The molecule has 1 aliphatic heterocycles. The molecular weight excluding hydrogens is 337 g/mol. The van der Waals surface area contributed by atoms with Crippen molar-refractivity contribution in [3.63, 3.8) is 0 Å². The number of fused-ring (bicyclic) bond motifs is 2. The number of hydrogen-bond donors (Lipinski definition) is 2. The summed E-state index contributed by atoms with van der Waals surface area (Å²) in [5, 5.41) is 2.97. The van der Waals surface area contributed by atoms with E-state index in [2.05, 4.69) is 5.32 Å². The van der Waals surface area contributed by atoms with E-state index in [1.165, 1.54) is 0 Å². The van der Waals surface area contributed by atoms with Crippen molar-refractivity contribution in [1.82, 2.24) is 0 Å². The molecule has 0 spiro atoms. The van der Waals surface area contributed by atoms with Crippen LogP contribution in [0.4, 0.5) is 30.2 Å². The van der Waals surface area contributed by atoms with E-state index in [1.54, 1.807) is 24.3 Å². The lowest BCUT2D eigenvalue weighted by Gasteiger charge is -2.25. The third-order valence-corrected chi connectivity index (χ3v) is 4.49. The van der Waals surface area contributed by atoms with Gasteiger partial charge in [-0.3, -0.25) is 4.21 Å². The van der Waals surface area contributed by atoms with Gasteiger partial charge in [-0.05, 0) is 24.3 Å². The van der Waals surface area contributed by atoms with Crippen molar-refractivity contribution >= 4 is 40.1 Å². The fourth-order valence-corrected chi connectivity index (χ4v) is 3.47. The van der Waals surface area contributed by atoms with Crippen LogP contribution < -0.4 is 10.0 Å². The quantitative estimate of drug-likeness (QED) is 0.686. The summed E-state index contributed by atoms with van der Waals surface area (Å²) >= 11 is -1.57. The van der Waals surface area contributed by atoms with Gasteiger partial charge in [0.15, 0.2) is 0 Å². The molecule has 0 radical (unpaired) electrons. The summed E-state index contributed by atoms with van der Waals surface area (Å²) in [5.41, 5.74) is -0.0339. The molecule has 116 valence electrons. The first kappa shape index (κ1) is 15.2. The highest BCUT2D eigenvalue weighted by molar-refractivity contribution is 7.99. The van der Waals surface area contributed by atoms with Crippen molar-refractivity contribution in [3.05, 3.63) is 42.0 Å². The molecule has 2 aromatic rings. The van der Waals surface area contributed by atoms with Crippen LogP contribution in [0.5, 0.6) is 0 Å². The predicted octanol–water partition coefficient (Wildman–Crippen LogP) is 4.12. The molecule has 1 unspecified atom stereocenters. The Bertz CT molecular complexity index is 765. The van der Waals surface area contributed by atoms with Crippen molar-refractivity contribution < 1.29 is 21.9 Å². The molecule has 0 fully saturated rings. The Kier molecular flexibility index (Phi) is 3.79. The van der Waals surface area contributed by atoms with E-state index in [0.29, 0.717) is 16.3 Å². The second-order valence-corrected chi connectivity index (χ2v) is 6.21. The fraction of sp³-hybridized carbons (Fsp3) is 0.0769. The normalized spacial score (nSPS) is 14.5. The Morgan fingerprint density at radius 3 is 2.59 bits per heavy atom. The van der Waals surface area contributed by atoms with Gasteiger partial charge in [0.1, 0.15) is 0 Å². The molecule has 1 heterocycles. The van der Waals surface area contributed by atoms with Crippen LogP contribution in [0.2, 0.25) is 0 Å². The molecule has 1 atom stereocenters.